The summed E-state index contributed by atoms with van der Waals surface area (Å²) in [4.78, 5) is 11.3. The molecule has 2 aliphatic rings. The van der Waals surface area contributed by atoms with E-state index in [1.807, 2.05) is 25.1 Å². The summed E-state index contributed by atoms with van der Waals surface area (Å²) in [5.74, 6) is -0.248. The molecular weight excluding hydrogens is 448 g/mol. The number of benzene rings is 1. The number of aliphatic carboxylic acids is 1. The van der Waals surface area contributed by atoms with Crippen LogP contribution in [0.1, 0.15) is 39.0 Å². The van der Waals surface area contributed by atoms with Gasteiger partial charge in [0.25, 0.3) is 0 Å². The van der Waals surface area contributed by atoms with Crippen LogP contribution in [0.2, 0.25) is 5.02 Å². The molecule has 1 unspecified atom stereocenters. The van der Waals surface area contributed by atoms with Gasteiger partial charge in [-0.15, -0.1) is 0 Å². The summed E-state index contributed by atoms with van der Waals surface area (Å²) in [6.07, 6.45) is 4.85. The van der Waals surface area contributed by atoms with Crippen molar-refractivity contribution < 1.29 is 34.3 Å². The molecule has 0 amide bonds. The molecule has 7 atom stereocenters. The van der Waals surface area contributed by atoms with Crippen molar-refractivity contribution in [2.45, 2.75) is 63.4 Å². The van der Waals surface area contributed by atoms with E-state index in [0.717, 1.165) is 19.3 Å². The van der Waals surface area contributed by atoms with E-state index < -0.39 is 24.3 Å². The zero-order valence-corrected chi connectivity index (χ0v) is 19.8. The Bertz CT molecular complexity index is 786. The van der Waals surface area contributed by atoms with E-state index in [4.69, 9.17) is 25.8 Å². The molecule has 2 fully saturated rings. The molecule has 8 heteroatoms. The van der Waals surface area contributed by atoms with Crippen molar-refractivity contribution >= 4 is 17.6 Å². The van der Waals surface area contributed by atoms with E-state index in [-0.39, 0.29) is 30.5 Å². The van der Waals surface area contributed by atoms with Crippen LogP contribution in [0.15, 0.2) is 36.4 Å². The molecule has 1 aliphatic carbocycles. The fraction of sp³-hybridized carbons (Fsp3) is 0.640. The van der Waals surface area contributed by atoms with Gasteiger partial charge in [-0.25, -0.2) is 4.79 Å². The first-order chi connectivity index (χ1) is 15.9. The number of hydrogen-bond acceptors (Lipinski definition) is 6. The summed E-state index contributed by atoms with van der Waals surface area (Å²) in [6.45, 7) is 2.86. The number of hydrogen-bond donors (Lipinski definition) is 3. The van der Waals surface area contributed by atoms with Gasteiger partial charge in [-0.3, -0.25) is 0 Å². The number of halogens is 1. The lowest BCUT2D eigenvalue weighted by Crippen LogP contribution is -2.27. The van der Waals surface area contributed by atoms with Gasteiger partial charge in [0.15, 0.2) is 6.10 Å². The molecule has 184 valence electrons. The monoisotopic (exact) mass is 482 g/mol. The molecule has 0 aromatic heterocycles. The lowest BCUT2D eigenvalue weighted by Gasteiger charge is -2.21. The second kappa shape index (κ2) is 12.7. The van der Waals surface area contributed by atoms with Gasteiger partial charge in [-0.2, -0.15) is 0 Å². The molecule has 0 spiro atoms. The first kappa shape index (κ1) is 26.0. The number of aliphatic hydroxyl groups is 2. The molecular formula is C25H35ClO7. The number of carboxylic acids is 1. The Morgan fingerprint density at radius 3 is 2.85 bits per heavy atom. The van der Waals surface area contributed by atoms with Crippen molar-refractivity contribution in [2.75, 3.05) is 19.8 Å². The summed E-state index contributed by atoms with van der Waals surface area (Å²) in [5.41, 5.74) is 0. The van der Waals surface area contributed by atoms with Gasteiger partial charge in [-0.1, -0.05) is 49.2 Å². The predicted molar refractivity (Wildman–Crippen MR) is 124 cm³/mol. The fourth-order valence-electron chi connectivity index (χ4n) is 4.69. The molecule has 33 heavy (non-hydrogen) atoms. The third kappa shape index (κ3) is 7.42. The van der Waals surface area contributed by atoms with Crippen LogP contribution >= 0.6 is 11.6 Å². The SMILES string of the molecule is CCCC(OC[C@@H]1CC[C@@H]2[C@@H](C=C[C@@H](O)COc3ccccc3Cl)[C@H](O)C[C@@H]2OC1)C(=O)O. The van der Waals surface area contributed by atoms with E-state index in [1.165, 1.54) is 0 Å². The van der Waals surface area contributed by atoms with Crippen molar-refractivity contribution in [3.05, 3.63) is 41.4 Å². The lowest BCUT2D eigenvalue weighted by molar-refractivity contribution is -0.152. The minimum absolute atomic E-state index is 0.0536. The highest BCUT2D eigenvalue weighted by Crippen LogP contribution is 2.41. The number of aliphatic hydroxyl groups excluding tert-OH is 2. The molecule has 1 saturated carbocycles. The van der Waals surface area contributed by atoms with Gasteiger partial charge in [0.05, 0.1) is 30.4 Å². The third-order valence-corrected chi connectivity index (χ3v) is 6.82. The molecule has 3 rings (SSSR count). The maximum atomic E-state index is 11.3. The van der Waals surface area contributed by atoms with Crippen LogP contribution in [-0.2, 0) is 14.3 Å². The lowest BCUT2D eigenvalue weighted by atomic mass is 9.87. The summed E-state index contributed by atoms with van der Waals surface area (Å²) in [5, 5.41) is 30.7. The van der Waals surface area contributed by atoms with Crippen molar-refractivity contribution in [3.8, 4) is 5.75 Å². The van der Waals surface area contributed by atoms with E-state index in [2.05, 4.69) is 0 Å². The smallest absolute Gasteiger partial charge is 0.332 e. The van der Waals surface area contributed by atoms with Crippen LogP contribution in [0.4, 0.5) is 0 Å². The van der Waals surface area contributed by atoms with Crippen LogP contribution in [0.25, 0.3) is 0 Å². The maximum absolute atomic E-state index is 11.3. The summed E-state index contributed by atoms with van der Waals surface area (Å²) in [7, 11) is 0. The van der Waals surface area contributed by atoms with Gasteiger partial charge in [0, 0.05) is 18.3 Å². The summed E-state index contributed by atoms with van der Waals surface area (Å²) in [6, 6.07) is 7.09. The summed E-state index contributed by atoms with van der Waals surface area (Å²) >= 11 is 6.07. The van der Waals surface area contributed by atoms with E-state index in [1.54, 1.807) is 18.2 Å². The van der Waals surface area contributed by atoms with Crippen molar-refractivity contribution in [2.24, 2.45) is 17.8 Å². The van der Waals surface area contributed by atoms with Crippen molar-refractivity contribution in [3.63, 3.8) is 0 Å². The summed E-state index contributed by atoms with van der Waals surface area (Å²) < 4.78 is 17.3. The topological polar surface area (TPSA) is 105 Å². The number of carboxylic acid groups (broad SMARTS) is 1. The quantitative estimate of drug-likeness (QED) is 0.413. The normalized spacial score (nSPS) is 29.4. The molecule has 3 N–H and O–H groups in total. The number of carbonyl (C=O) groups is 1. The zero-order chi connectivity index (χ0) is 23.8. The van der Waals surface area contributed by atoms with Gasteiger partial charge >= 0.3 is 5.97 Å². The first-order valence-electron chi connectivity index (χ1n) is 11.8. The minimum Gasteiger partial charge on any atom is -0.489 e. The number of rotatable bonds is 11. The second-order valence-corrected chi connectivity index (χ2v) is 9.41. The van der Waals surface area contributed by atoms with Crippen LogP contribution < -0.4 is 4.74 Å². The first-order valence-corrected chi connectivity index (χ1v) is 12.1. The standard InChI is InChI=1S/C25H35ClO7/c1-2-5-23(25(29)30)31-13-16-8-10-19-18(21(28)12-24(19)32-14-16)11-9-17(27)15-33-22-7-4-3-6-20(22)26/h3-4,6-7,9,11,16-19,21,23-24,27-28H,2,5,8,10,12-15H2,1H3,(H,29,30)/t16-,17+,18+,19+,21+,23?,24-/m0/s1. The maximum Gasteiger partial charge on any atom is 0.332 e. The Morgan fingerprint density at radius 2 is 2.12 bits per heavy atom. The van der Waals surface area contributed by atoms with Crippen LogP contribution in [0.3, 0.4) is 0 Å². The average molecular weight is 483 g/mol. The zero-order valence-electron chi connectivity index (χ0n) is 19.0. The molecule has 1 aliphatic heterocycles. The van der Waals surface area contributed by atoms with E-state index >= 15 is 0 Å². The Hall–Kier alpha value is -1.64. The Morgan fingerprint density at radius 1 is 1.33 bits per heavy atom. The number of fused-ring (bicyclic) bond motifs is 1. The van der Waals surface area contributed by atoms with Crippen LogP contribution in [0, 0.1) is 17.8 Å². The van der Waals surface area contributed by atoms with Gasteiger partial charge < -0.3 is 29.5 Å². The molecule has 1 aromatic rings. The number of para-hydroxylation sites is 1. The van der Waals surface area contributed by atoms with Gasteiger partial charge in [-0.05, 0) is 37.3 Å². The second-order valence-electron chi connectivity index (χ2n) is 9.00. The molecule has 1 saturated heterocycles. The van der Waals surface area contributed by atoms with Crippen LogP contribution in [0.5, 0.6) is 5.75 Å². The number of ether oxygens (including phenoxy) is 3. The molecule has 7 nitrogen and oxygen atoms in total. The van der Waals surface area contributed by atoms with E-state index in [0.29, 0.717) is 36.8 Å². The van der Waals surface area contributed by atoms with Gasteiger partial charge in [0.2, 0.25) is 0 Å². The molecule has 0 bridgehead atoms. The Labute approximate surface area is 200 Å². The molecule has 0 radical (unpaired) electrons. The third-order valence-electron chi connectivity index (χ3n) is 6.51. The average Bonchev–Trinajstić information content (AvgIpc) is 2.95. The van der Waals surface area contributed by atoms with Crippen LogP contribution in [-0.4, -0.2) is 65.5 Å². The Kier molecular flexibility index (Phi) is 10.0. The fourth-order valence-corrected chi connectivity index (χ4v) is 4.88. The largest absolute Gasteiger partial charge is 0.489 e. The molecule has 1 heterocycles. The predicted octanol–water partition coefficient (Wildman–Crippen LogP) is 3.70. The molecule has 1 aromatic carbocycles. The van der Waals surface area contributed by atoms with Gasteiger partial charge in [0.1, 0.15) is 18.5 Å². The minimum atomic E-state index is -0.923. The van der Waals surface area contributed by atoms with Crippen molar-refractivity contribution in [1.29, 1.82) is 0 Å². The van der Waals surface area contributed by atoms with E-state index in [9.17, 15) is 20.1 Å². The highest BCUT2D eigenvalue weighted by Gasteiger charge is 2.43. The Balaban J connectivity index is 1.50. The highest BCUT2D eigenvalue weighted by molar-refractivity contribution is 6.32. The van der Waals surface area contributed by atoms with Crippen molar-refractivity contribution in [1.82, 2.24) is 0 Å². The highest BCUT2D eigenvalue weighted by atomic mass is 35.5.